The van der Waals surface area contributed by atoms with Crippen molar-refractivity contribution in [2.24, 2.45) is 5.41 Å². The van der Waals surface area contributed by atoms with E-state index in [-0.39, 0.29) is 41.7 Å². The summed E-state index contributed by atoms with van der Waals surface area (Å²) in [7, 11) is 0. The Morgan fingerprint density at radius 3 is 2.68 bits per heavy atom. The average Bonchev–Trinajstić information content (AvgIpc) is 3.13. The molecule has 2 fully saturated rings. The van der Waals surface area contributed by atoms with Crippen molar-refractivity contribution in [3.63, 3.8) is 0 Å². The van der Waals surface area contributed by atoms with Gasteiger partial charge in [0.15, 0.2) is 11.5 Å². The molecule has 0 bridgehead atoms. The van der Waals surface area contributed by atoms with Gasteiger partial charge in [-0.15, -0.1) is 0 Å². The van der Waals surface area contributed by atoms with Gasteiger partial charge < -0.3 is 25.9 Å². The Labute approximate surface area is 161 Å². The Kier molecular flexibility index (Phi) is 3.88. The monoisotopic (exact) mass is 389 g/mol. The topological polar surface area (TPSA) is 147 Å². The van der Waals surface area contributed by atoms with Crippen LogP contribution in [0.5, 0.6) is 0 Å². The van der Waals surface area contributed by atoms with Gasteiger partial charge in [-0.1, -0.05) is 24.3 Å². The van der Waals surface area contributed by atoms with E-state index in [2.05, 4.69) is 5.32 Å². The van der Waals surface area contributed by atoms with Crippen molar-refractivity contribution in [2.75, 3.05) is 6.54 Å². The molecular formula is C19H23N3O6. The molecule has 5 atom stereocenters. The molecule has 0 radical (unpaired) electrons. The van der Waals surface area contributed by atoms with Crippen molar-refractivity contribution < 1.29 is 25.4 Å². The van der Waals surface area contributed by atoms with Crippen LogP contribution in [0.1, 0.15) is 49.3 Å². The van der Waals surface area contributed by atoms with E-state index in [1.165, 1.54) is 0 Å². The van der Waals surface area contributed by atoms with Gasteiger partial charge in [-0.25, -0.2) is 0 Å². The number of rotatable bonds is 1. The molecule has 5 rings (SSSR count). The number of benzene rings is 1. The summed E-state index contributed by atoms with van der Waals surface area (Å²) in [6.07, 6.45) is -0.327. The zero-order chi connectivity index (χ0) is 19.1. The number of allylic oxidation sites excluding steroid dienone is 1. The summed E-state index contributed by atoms with van der Waals surface area (Å²) in [6, 6.07) is 6.79. The summed E-state index contributed by atoms with van der Waals surface area (Å²) in [5, 5.41) is 38.5. The Morgan fingerprint density at radius 1 is 1.32 bits per heavy atom. The van der Waals surface area contributed by atoms with Gasteiger partial charge in [0.2, 0.25) is 0 Å². The molecule has 0 unspecified atom stereocenters. The Balaban J connectivity index is 0.00000192. The minimum absolute atomic E-state index is 0. The lowest BCUT2D eigenvalue weighted by molar-refractivity contribution is -0.442. The zero-order valence-corrected chi connectivity index (χ0v) is 15.4. The first-order chi connectivity index (χ1) is 12.8. The van der Waals surface area contributed by atoms with Gasteiger partial charge in [-0.05, 0) is 30.9 Å². The smallest absolute Gasteiger partial charge is 0.294 e. The third-order valence-corrected chi connectivity index (χ3v) is 6.81. The fourth-order valence-corrected chi connectivity index (χ4v) is 5.89. The van der Waals surface area contributed by atoms with E-state index in [9.17, 15) is 25.1 Å². The van der Waals surface area contributed by atoms with E-state index in [1.54, 1.807) is 29.2 Å². The van der Waals surface area contributed by atoms with Crippen LogP contribution < -0.4 is 5.32 Å². The normalized spacial score (nSPS) is 38.0. The van der Waals surface area contributed by atoms with Crippen LogP contribution in [0.2, 0.25) is 0 Å². The molecular weight excluding hydrogens is 366 g/mol. The number of carbonyl (C=O) groups excluding carboxylic acids is 1. The maximum atomic E-state index is 13.3. The van der Waals surface area contributed by atoms with Crippen LogP contribution in [0.15, 0.2) is 35.8 Å². The summed E-state index contributed by atoms with van der Waals surface area (Å²) < 4.78 is 0. The molecule has 1 aromatic rings. The number of fused-ring (bicyclic) bond motifs is 4. The standard InChI is InChI=1S/C19H21N3O5.H2O/c1-10-9-21-17(20-10)15(22(26)27)14-11-5-2-3-6-12(11)16(24)19(14)13(23)7-4-8-18(19,21)25;/h2-3,5-6,10,14,16,20,24-25H,4,7-9H2,1H3;1H2/t10-,14+,16-,18+,19-;/m1./s1. The summed E-state index contributed by atoms with van der Waals surface area (Å²) in [5.41, 5.74) is -2.42. The average molecular weight is 389 g/mol. The molecule has 1 spiro atoms. The number of Topliss-reactive ketones (excluding diaryl/α,β-unsaturated/α-hetero) is 1. The first-order valence-corrected chi connectivity index (χ1v) is 9.29. The van der Waals surface area contributed by atoms with E-state index >= 15 is 0 Å². The van der Waals surface area contributed by atoms with Gasteiger partial charge in [0, 0.05) is 19.0 Å². The molecule has 4 aliphatic rings. The predicted octanol–water partition coefficient (Wildman–Crippen LogP) is 0.174. The van der Waals surface area contributed by atoms with Gasteiger partial charge in [0.05, 0.1) is 16.9 Å². The fraction of sp³-hybridized carbons (Fsp3) is 0.526. The first-order valence-electron chi connectivity index (χ1n) is 9.29. The highest BCUT2D eigenvalue weighted by Crippen LogP contribution is 2.69. The summed E-state index contributed by atoms with van der Waals surface area (Å²) in [5.74, 6) is -1.02. The van der Waals surface area contributed by atoms with Gasteiger partial charge in [-0.2, -0.15) is 0 Å². The van der Waals surface area contributed by atoms with Crippen molar-refractivity contribution in [3.05, 3.63) is 57.0 Å². The van der Waals surface area contributed by atoms with Gasteiger partial charge >= 0.3 is 0 Å². The maximum absolute atomic E-state index is 13.3. The molecule has 1 saturated heterocycles. The molecule has 1 aromatic carbocycles. The molecule has 2 aliphatic carbocycles. The van der Waals surface area contributed by atoms with Gasteiger partial charge in [-0.3, -0.25) is 14.9 Å². The lowest BCUT2D eigenvalue weighted by Gasteiger charge is -2.57. The number of aliphatic hydroxyl groups is 2. The minimum atomic E-state index is -1.67. The first kappa shape index (κ1) is 18.9. The molecule has 2 aliphatic heterocycles. The van der Waals surface area contributed by atoms with E-state index in [4.69, 9.17) is 0 Å². The lowest BCUT2D eigenvalue weighted by atomic mass is 9.56. The highest BCUT2D eigenvalue weighted by atomic mass is 16.6. The number of ketones is 1. The van der Waals surface area contributed by atoms with Crippen molar-refractivity contribution >= 4 is 5.78 Å². The fourth-order valence-electron chi connectivity index (χ4n) is 5.89. The molecule has 2 heterocycles. The molecule has 9 heteroatoms. The second-order valence-corrected chi connectivity index (χ2v) is 8.07. The van der Waals surface area contributed by atoms with Crippen molar-refractivity contribution in [2.45, 2.75) is 50.0 Å². The second-order valence-electron chi connectivity index (χ2n) is 8.07. The van der Waals surface area contributed by atoms with Crippen LogP contribution in [0.3, 0.4) is 0 Å². The van der Waals surface area contributed by atoms with Crippen LogP contribution in [0, 0.1) is 15.5 Å². The predicted molar refractivity (Wildman–Crippen MR) is 97.3 cm³/mol. The zero-order valence-electron chi connectivity index (χ0n) is 15.4. The van der Waals surface area contributed by atoms with Crippen molar-refractivity contribution in [1.29, 1.82) is 0 Å². The molecule has 0 amide bonds. The number of nitro groups is 1. The molecule has 28 heavy (non-hydrogen) atoms. The van der Waals surface area contributed by atoms with E-state index in [0.29, 0.717) is 24.1 Å². The van der Waals surface area contributed by atoms with Crippen molar-refractivity contribution in [3.8, 4) is 0 Å². The Bertz CT molecular complexity index is 917. The third kappa shape index (κ3) is 1.84. The van der Waals surface area contributed by atoms with Crippen LogP contribution in [-0.2, 0) is 4.79 Å². The lowest BCUT2D eigenvalue weighted by Crippen LogP contribution is -2.69. The molecule has 5 N–H and O–H groups in total. The van der Waals surface area contributed by atoms with E-state index < -0.39 is 28.1 Å². The Hall–Kier alpha value is -2.49. The highest BCUT2D eigenvalue weighted by molar-refractivity contribution is 5.91. The molecule has 1 saturated carbocycles. The third-order valence-electron chi connectivity index (χ3n) is 6.81. The number of carbonyl (C=O) groups is 1. The largest absolute Gasteiger partial charge is 0.412 e. The summed E-state index contributed by atoms with van der Waals surface area (Å²) in [6.45, 7) is 2.22. The second kappa shape index (κ2) is 5.76. The maximum Gasteiger partial charge on any atom is 0.294 e. The minimum Gasteiger partial charge on any atom is -0.412 e. The SMILES string of the molecule is C[C@@H]1CN2C(=C([N+](=O)[O-])[C@@H]3c4ccccc4[C@@H](O)[C@@]34C(=O)CCC[C@@]24O)N1.O. The van der Waals surface area contributed by atoms with Crippen molar-refractivity contribution in [1.82, 2.24) is 10.2 Å². The van der Waals surface area contributed by atoms with E-state index in [0.717, 1.165) is 0 Å². The van der Waals surface area contributed by atoms with Crippen LogP contribution in [0.4, 0.5) is 0 Å². The van der Waals surface area contributed by atoms with Gasteiger partial charge in [0.1, 0.15) is 11.2 Å². The quantitative estimate of drug-likeness (QED) is 0.458. The summed E-state index contributed by atoms with van der Waals surface area (Å²) >= 11 is 0. The van der Waals surface area contributed by atoms with Crippen LogP contribution >= 0.6 is 0 Å². The Morgan fingerprint density at radius 2 is 2.00 bits per heavy atom. The molecule has 0 aromatic heterocycles. The van der Waals surface area contributed by atoms with Gasteiger partial charge in [0.25, 0.3) is 5.70 Å². The molecule has 150 valence electrons. The number of nitrogens with zero attached hydrogens (tertiary/aromatic N) is 2. The van der Waals surface area contributed by atoms with Crippen LogP contribution in [0.25, 0.3) is 0 Å². The number of nitrogens with one attached hydrogen (secondary N) is 1. The van der Waals surface area contributed by atoms with Crippen LogP contribution in [-0.4, -0.2) is 49.6 Å². The molecule has 9 nitrogen and oxygen atoms in total. The number of hydrogen-bond donors (Lipinski definition) is 3. The van der Waals surface area contributed by atoms with E-state index in [1.807, 2.05) is 6.92 Å². The number of hydrogen-bond acceptors (Lipinski definition) is 7. The summed E-state index contributed by atoms with van der Waals surface area (Å²) in [4.78, 5) is 26.6. The highest BCUT2D eigenvalue weighted by Gasteiger charge is 2.77. The number of aliphatic hydroxyl groups excluding tert-OH is 1.